The molecule has 2 aromatic carbocycles. The second kappa shape index (κ2) is 7.74. The van der Waals surface area contributed by atoms with Gasteiger partial charge in [-0.2, -0.15) is 0 Å². The van der Waals surface area contributed by atoms with E-state index in [1.54, 1.807) is 18.2 Å². The van der Waals surface area contributed by atoms with Crippen LogP contribution in [0.25, 0.3) is 11.5 Å². The van der Waals surface area contributed by atoms with E-state index in [0.717, 1.165) is 5.56 Å². The van der Waals surface area contributed by atoms with Crippen LogP contribution in [-0.2, 0) is 17.8 Å². The molecule has 0 spiro atoms. The lowest BCUT2D eigenvalue weighted by Gasteiger charge is -2.11. The van der Waals surface area contributed by atoms with E-state index >= 15 is 0 Å². The van der Waals surface area contributed by atoms with E-state index in [4.69, 9.17) is 19.0 Å². The van der Waals surface area contributed by atoms with Crippen molar-refractivity contribution >= 4 is 5.97 Å². The molecular formula is C20H19NO5. The molecule has 0 aliphatic rings. The summed E-state index contributed by atoms with van der Waals surface area (Å²) >= 11 is 0. The lowest BCUT2D eigenvalue weighted by molar-refractivity contribution is -0.136. The maximum atomic E-state index is 10.8. The number of ether oxygens (including phenoxy) is 2. The molecule has 1 heterocycles. The van der Waals surface area contributed by atoms with E-state index in [0.29, 0.717) is 34.4 Å². The fourth-order valence-electron chi connectivity index (χ4n) is 2.53. The Kier molecular flexibility index (Phi) is 5.22. The molecule has 6 nitrogen and oxygen atoms in total. The molecule has 0 unspecified atom stereocenters. The number of hydrogen-bond acceptors (Lipinski definition) is 5. The minimum absolute atomic E-state index is 0.0700. The number of carbonyl (C=O) groups is 1. The highest BCUT2D eigenvalue weighted by Crippen LogP contribution is 2.30. The van der Waals surface area contributed by atoms with Gasteiger partial charge in [-0.3, -0.25) is 4.79 Å². The van der Waals surface area contributed by atoms with Crippen LogP contribution in [0.1, 0.15) is 17.0 Å². The zero-order valence-corrected chi connectivity index (χ0v) is 14.6. The van der Waals surface area contributed by atoms with Gasteiger partial charge in [0, 0.05) is 5.56 Å². The monoisotopic (exact) mass is 353 g/mol. The first-order valence-corrected chi connectivity index (χ1v) is 8.10. The number of carboxylic acids is 1. The highest BCUT2D eigenvalue weighted by molar-refractivity contribution is 5.70. The van der Waals surface area contributed by atoms with Crippen molar-refractivity contribution in [2.45, 2.75) is 20.0 Å². The predicted octanol–water partition coefficient (Wildman–Crippen LogP) is 3.86. The SMILES string of the molecule is COc1cc(CC(=O)O)ccc1OCc1nc(-c2ccccc2)oc1C. The van der Waals surface area contributed by atoms with Gasteiger partial charge in [0.15, 0.2) is 11.5 Å². The summed E-state index contributed by atoms with van der Waals surface area (Å²) in [5.41, 5.74) is 2.24. The largest absolute Gasteiger partial charge is 0.493 e. The van der Waals surface area contributed by atoms with Gasteiger partial charge in [-0.15, -0.1) is 0 Å². The summed E-state index contributed by atoms with van der Waals surface area (Å²) in [5.74, 6) is 1.33. The standard InChI is InChI=1S/C20H19NO5/c1-13-16(21-20(26-13)15-6-4-3-5-7-15)12-25-17-9-8-14(11-19(22)23)10-18(17)24-2/h3-10H,11-12H2,1-2H3,(H,22,23). The topological polar surface area (TPSA) is 81.8 Å². The molecule has 0 radical (unpaired) electrons. The first kappa shape index (κ1) is 17.5. The Morgan fingerprint density at radius 2 is 1.92 bits per heavy atom. The minimum Gasteiger partial charge on any atom is -0.493 e. The molecule has 1 aromatic heterocycles. The minimum atomic E-state index is -0.896. The van der Waals surface area contributed by atoms with Crippen LogP contribution in [0.3, 0.4) is 0 Å². The number of aryl methyl sites for hydroxylation is 1. The van der Waals surface area contributed by atoms with E-state index in [1.807, 2.05) is 37.3 Å². The van der Waals surface area contributed by atoms with E-state index in [-0.39, 0.29) is 13.0 Å². The van der Waals surface area contributed by atoms with Gasteiger partial charge in [0.1, 0.15) is 18.1 Å². The van der Waals surface area contributed by atoms with Gasteiger partial charge in [0.2, 0.25) is 5.89 Å². The van der Waals surface area contributed by atoms with Gasteiger partial charge in [0.05, 0.1) is 13.5 Å². The van der Waals surface area contributed by atoms with Crippen LogP contribution in [-0.4, -0.2) is 23.2 Å². The highest BCUT2D eigenvalue weighted by atomic mass is 16.5. The first-order valence-electron chi connectivity index (χ1n) is 8.10. The van der Waals surface area contributed by atoms with Crippen LogP contribution in [0.5, 0.6) is 11.5 Å². The summed E-state index contributed by atoms with van der Waals surface area (Å²) in [4.78, 5) is 15.3. The number of benzene rings is 2. The molecule has 3 aromatic rings. The molecule has 0 bridgehead atoms. The Balaban J connectivity index is 1.75. The summed E-state index contributed by atoms with van der Waals surface area (Å²) in [6.07, 6.45) is -0.0700. The Morgan fingerprint density at radius 1 is 1.15 bits per heavy atom. The highest BCUT2D eigenvalue weighted by Gasteiger charge is 2.14. The second-order valence-electron chi connectivity index (χ2n) is 5.73. The van der Waals surface area contributed by atoms with Crippen LogP contribution in [0, 0.1) is 6.92 Å². The predicted molar refractivity (Wildman–Crippen MR) is 95.3 cm³/mol. The molecule has 6 heteroatoms. The van der Waals surface area contributed by atoms with Gasteiger partial charge < -0.3 is 19.0 Å². The molecule has 26 heavy (non-hydrogen) atoms. The van der Waals surface area contributed by atoms with Crippen LogP contribution < -0.4 is 9.47 Å². The summed E-state index contributed by atoms with van der Waals surface area (Å²) in [5, 5.41) is 8.89. The number of nitrogens with zero attached hydrogens (tertiary/aromatic N) is 1. The number of carboxylic acid groups (broad SMARTS) is 1. The van der Waals surface area contributed by atoms with E-state index in [1.165, 1.54) is 7.11 Å². The lowest BCUT2D eigenvalue weighted by atomic mass is 10.1. The number of oxazole rings is 1. The zero-order chi connectivity index (χ0) is 18.5. The van der Waals surface area contributed by atoms with Crippen LogP contribution in [0.4, 0.5) is 0 Å². The fraction of sp³-hybridized carbons (Fsp3) is 0.200. The van der Waals surface area contributed by atoms with Crippen molar-refractivity contribution in [1.29, 1.82) is 0 Å². The van der Waals surface area contributed by atoms with Crippen molar-refractivity contribution in [2.24, 2.45) is 0 Å². The Labute approximate surface area is 151 Å². The van der Waals surface area contributed by atoms with Crippen molar-refractivity contribution in [3.05, 3.63) is 65.5 Å². The van der Waals surface area contributed by atoms with E-state index in [9.17, 15) is 4.79 Å². The number of methoxy groups -OCH3 is 1. The maximum Gasteiger partial charge on any atom is 0.307 e. The van der Waals surface area contributed by atoms with Gasteiger partial charge in [-0.1, -0.05) is 24.3 Å². The number of aliphatic carboxylic acids is 1. The van der Waals surface area contributed by atoms with Crippen molar-refractivity contribution < 1.29 is 23.8 Å². The Hall–Kier alpha value is -3.28. The summed E-state index contributed by atoms with van der Waals surface area (Å²) in [6, 6.07) is 14.7. The molecule has 134 valence electrons. The van der Waals surface area contributed by atoms with Crippen LogP contribution >= 0.6 is 0 Å². The normalized spacial score (nSPS) is 10.5. The average molecular weight is 353 g/mol. The molecule has 0 atom stereocenters. The van der Waals surface area contributed by atoms with Crippen molar-refractivity contribution in [3.63, 3.8) is 0 Å². The van der Waals surface area contributed by atoms with Crippen LogP contribution in [0.15, 0.2) is 52.9 Å². The molecule has 0 amide bonds. The van der Waals surface area contributed by atoms with Crippen LogP contribution in [0.2, 0.25) is 0 Å². The average Bonchev–Trinajstić information content (AvgIpc) is 3.01. The van der Waals surface area contributed by atoms with Gasteiger partial charge in [-0.05, 0) is 36.8 Å². The molecule has 0 fully saturated rings. The molecular weight excluding hydrogens is 334 g/mol. The maximum absolute atomic E-state index is 10.8. The molecule has 0 aliphatic heterocycles. The smallest absolute Gasteiger partial charge is 0.307 e. The lowest BCUT2D eigenvalue weighted by Crippen LogP contribution is -2.02. The zero-order valence-electron chi connectivity index (χ0n) is 14.6. The third kappa shape index (κ3) is 4.03. The van der Waals surface area contributed by atoms with Gasteiger partial charge in [-0.25, -0.2) is 4.98 Å². The summed E-state index contributed by atoms with van der Waals surface area (Å²) in [7, 11) is 1.52. The van der Waals surface area contributed by atoms with E-state index < -0.39 is 5.97 Å². The van der Waals surface area contributed by atoms with E-state index in [2.05, 4.69) is 4.98 Å². The summed E-state index contributed by atoms with van der Waals surface area (Å²) in [6.45, 7) is 2.06. The molecule has 0 saturated carbocycles. The Bertz CT molecular complexity index is 902. The quantitative estimate of drug-likeness (QED) is 0.694. The van der Waals surface area contributed by atoms with Gasteiger partial charge >= 0.3 is 5.97 Å². The first-order chi connectivity index (χ1) is 12.6. The third-order valence-corrected chi connectivity index (χ3v) is 3.86. The van der Waals surface area contributed by atoms with Crippen molar-refractivity contribution in [1.82, 2.24) is 4.98 Å². The molecule has 1 N–H and O–H groups in total. The number of aromatic nitrogens is 1. The molecule has 3 rings (SSSR count). The molecule has 0 aliphatic carbocycles. The van der Waals surface area contributed by atoms with Gasteiger partial charge in [0.25, 0.3) is 0 Å². The second-order valence-corrected chi connectivity index (χ2v) is 5.73. The third-order valence-electron chi connectivity index (χ3n) is 3.86. The molecule has 0 saturated heterocycles. The van der Waals surface area contributed by atoms with Crippen molar-refractivity contribution in [2.75, 3.05) is 7.11 Å². The summed E-state index contributed by atoms with van der Waals surface area (Å²) < 4.78 is 16.8. The fourth-order valence-corrected chi connectivity index (χ4v) is 2.53. The Morgan fingerprint density at radius 3 is 2.62 bits per heavy atom. The van der Waals surface area contributed by atoms with Crippen molar-refractivity contribution in [3.8, 4) is 23.0 Å². The number of rotatable bonds is 7. The number of hydrogen-bond donors (Lipinski definition) is 1.